The van der Waals surface area contributed by atoms with E-state index in [1.807, 2.05) is 25.1 Å². The molecule has 1 aliphatic heterocycles. The maximum Gasteiger partial charge on any atom is 0.270 e. The van der Waals surface area contributed by atoms with Gasteiger partial charge >= 0.3 is 0 Å². The molecule has 2 amide bonds. The number of rotatable bonds is 5. The zero-order chi connectivity index (χ0) is 21.1. The summed E-state index contributed by atoms with van der Waals surface area (Å²) in [5, 5.41) is 2.60. The van der Waals surface area contributed by atoms with Gasteiger partial charge in [-0.1, -0.05) is 12.1 Å². The van der Waals surface area contributed by atoms with E-state index in [0.29, 0.717) is 28.5 Å². The van der Waals surface area contributed by atoms with E-state index in [4.69, 9.17) is 26.4 Å². The number of carbonyl (C=O) groups excluding carboxylic acids is 2. The molecule has 2 aromatic carbocycles. The summed E-state index contributed by atoms with van der Waals surface area (Å²) in [4.78, 5) is 26.9. The first-order chi connectivity index (χ1) is 13.9. The van der Waals surface area contributed by atoms with Crippen molar-refractivity contribution in [3.63, 3.8) is 0 Å². The number of benzene rings is 2. The van der Waals surface area contributed by atoms with Crippen LogP contribution in [0.1, 0.15) is 11.1 Å². The predicted molar refractivity (Wildman–Crippen MR) is 113 cm³/mol. The molecule has 7 nitrogen and oxygen atoms in total. The van der Waals surface area contributed by atoms with Crippen molar-refractivity contribution in [2.45, 2.75) is 6.92 Å². The average Bonchev–Trinajstić information content (AvgIpc) is 2.70. The molecule has 0 unspecified atom stereocenters. The lowest BCUT2D eigenvalue weighted by molar-refractivity contribution is -0.122. The summed E-state index contributed by atoms with van der Waals surface area (Å²) in [6, 6.07) is 10.6. The number of aryl methyl sites for hydroxylation is 1. The SMILES string of the molecule is COc1cc(C=C2C(=O)NC(=S)N(c3cccc(C)c3)C2=O)cc(OC)c1OC. The third-order valence-corrected chi connectivity index (χ3v) is 4.64. The van der Waals surface area contributed by atoms with E-state index in [0.717, 1.165) is 5.56 Å². The molecule has 0 aromatic heterocycles. The molecule has 1 N–H and O–H groups in total. The van der Waals surface area contributed by atoms with Gasteiger partial charge in [0.1, 0.15) is 5.57 Å². The highest BCUT2D eigenvalue weighted by Gasteiger charge is 2.34. The van der Waals surface area contributed by atoms with Gasteiger partial charge in [0.05, 0.1) is 27.0 Å². The van der Waals surface area contributed by atoms with Gasteiger partial charge < -0.3 is 14.2 Å². The second-order valence-corrected chi connectivity index (χ2v) is 6.64. The Morgan fingerprint density at radius 3 is 2.21 bits per heavy atom. The number of anilines is 1. The molecule has 1 saturated heterocycles. The fourth-order valence-electron chi connectivity index (χ4n) is 3.01. The molecule has 1 fully saturated rings. The smallest absolute Gasteiger partial charge is 0.270 e. The third kappa shape index (κ3) is 3.93. The van der Waals surface area contributed by atoms with Crippen LogP contribution in [0, 0.1) is 6.92 Å². The summed E-state index contributed by atoms with van der Waals surface area (Å²) < 4.78 is 16.0. The Bertz CT molecular complexity index is 1010. The Balaban J connectivity index is 2.07. The first-order valence-electron chi connectivity index (χ1n) is 8.67. The van der Waals surface area contributed by atoms with Gasteiger partial charge in [0.2, 0.25) is 5.75 Å². The van der Waals surface area contributed by atoms with Gasteiger partial charge in [-0.05, 0) is 60.6 Å². The first kappa shape index (κ1) is 20.3. The number of nitrogens with zero attached hydrogens (tertiary/aromatic N) is 1. The minimum Gasteiger partial charge on any atom is -0.493 e. The van der Waals surface area contributed by atoms with Gasteiger partial charge in [-0.3, -0.25) is 19.8 Å². The summed E-state index contributed by atoms with van der Waals surface area (Å²) in [5.41, 5.74) is 2.02. The molecule has 2 aromatic rings. The standard InChI is InChI=1S/C21H20N2O5S/c1-12-6-5-7-14(8-12)23-20(25)15(19(24)22-21(23)29)9-13-10-16(26-2)18(28-4)17(11-13)27-3/h5-11H,1-4H3,(H,22,24,29). The minimum atomic E-state index is -0.572. The molecule has 1 aliphatic rings. The molecule has 8 heteroatoms. The monoisotopic (exact) mass is 412 g/mol. The van der Waals surface area contributed by atoms with Crippen molar-refractivity contribution in [2.75, 3.05) is 26.2 Å². The molecule has 29 heavy (non-hydrogen) atoms. The fraction of sp³-hybridized carbons (Fsp3) is 0.190. The Morgan fingerprint density at radius 1 is 1.00 bits per heavy atom. The van der Waals surface area contributed by atoms with Crippen molar-refractivity contribution in [2.24, 2.45) is 0 Å². The van der Waals surface area contributed by atoms with Crippen molar-refractivity contribution in [1.29, 1.82) is 0 Å². The molecule has 0 bridgehead atoms. The molecule has 150 valence electrons. The van der Waals surface area contributed by atoms with E-state index in [-0.39, 0.29) is 10.7 Å². The van der Waals surface area contributed by atoms with Crippen LogP contribution in [0.15, 0.2) is 42.0 Å². The number of methoxy groups -OCH3 is 3. The maximum absolute atomic E-state index is 13.1. The highest BCUT2D eigenvalue weighted by molar-refractivity contribution is 7.80. The zero-order valence-corrected chi connectivity index (χ0v) is 17.3. The largest absolute Gasteiger partial charge is 0.493 e. The van der Waals surface area contributed by atoms with Crippen molar-refractivity contribution >= 4 is 40.9 Å². The Kier molecular flexibility index (Phi) is 5.84. The van der Waals surface area contributed by atoms with E-state index in [1.165, 1.54) is 32.3 Å². The normalized spacial score (nSPS) is 15.4. The molecule has 0 atom stereocenters. The predicted octanol–water partition coefficient (Wildman–Crippen LogP) is 2.85. The number of thiocarbonyl (C=S) groups is 1. The van der Waals surface area contributed by atoms with Crippen molar-refractivity contribution in [1.82, 2.24) is 5.32 Å². The van der Waals surface area contributed by atoms with Gasteiger partial charge in [-0.2, -0.15) is 0 Å². The summed E-state index contributed by atoms with van der Waals surface area (Å²) in [5.74, 6) is 0.150. The Morgan fingerprint density at radius 2 is 1.66 bits per heavy atom. The summed E-state index contributed by atoms with van der Waals surface area (Å²) in [6.45, 7) is 1.91. The van der Waals surface area contributed by atoms with Crippen LogP contribution in [0.5, 0.6) is 17.2 Å². The molecule has 0 radical (unpaired) electrons. The number of amides is 2. The van der Waals surface area contributed by atoms with E-state index in [1.54, 1.807) is 18.2 Å². The second kappa shape index (κ2) is 8.32. The molecule has 3 rings (SSSR count). The third-order valence-electron chi connectivity index (χ3n) is 4.36. The summed E-state index contributed by atoms with van der Waals surface area (Å²) in [7, 11) is 4.48. The van der Waals surface area contributed by atoms with Crippen molar-refractivity contribution < 1.29 is 23.8 Å². The van der Waals surface area contributed by atoms with E-state index < -0.39 is 11.8 Å². The number of ether oxygens (including phenoxy) is 3. The van der Waals surface area contributed by atoms with Gasteiger partial charge in [0.15, 0.2) is 16.6 Å². The van der Waals surface area contributed by atoms with E-state index in [9.17, 15) is 9.59 Å². The number of hydrogen-bond donors (Lipinski definition) is 1. The van der Waals surface area contributed by atoms with Crippen LogP contribution in [-0.4, -0.2) is 38.3 Å². The Labute approximate surface area is 173 Å². The topological polar surface area (TPSA) is 77.1 Å². The lowest BCUT2D eigenvalue weighted by Gasteiger charge is -2.29. The van der Waals surface area contributed by atoms with E-state index in [2.05, 4.69) is 5.32 Å². The molecule has 0 aliphatic carbocycles. The minimum absolute atomic E-state index is 0.0349. The van der Waals surface area contributed by atoms with Crippen LogP contribution in [0.25, 0.3) is 6.08 Å². The number of carbonyl (C=O) groups is 2. The number of hydrogen-bond acceptors (Lipinski definition) is 6. The maximum atomic E-state index is 13.1. The van der Waals surface area contributed by atoms with Crippen molar-refractivity contribution in [3.8, 4) is 17.2 Å². The average molecular weight is 412 g/mol. The molecule has 0 saturated carbocycles. The highest BCUT2D eigenvalue weighted by Crippen LogP contribution is 2.39. The first-order valence-corrected chi connectivity index (χ1v) is 9.08. The molecular weight excluding hydrogens is 392 g/mol. The van der Waals surface area contributed by atoms with Crippen LogP contribution in [0.2, 0.25) is 0 Å². The van der Waals surface area contributed by atoms with Crippen LogP contribution in [0.4, 0.5) is 5.69 Å². The fourth-order valence-corrected chi connectivity index (χ4v) is 3.29. The van der Waals surface area contributed by atoms with Gasteiger partial charge in [-0.25, -0.2) is 0 Å². The van der Waals surface area contributed by atoms with Gasteiger partial charge in [-0.15, -0.1) is 0 Å². The summed E-state index contributed by atoms with van der Waals surface area (Å²) >= 11 is 5.23. The molecule has 0 spiro atoms. The van der Waals surface area contributed by atoms with Crippen LogP contribution < -0.4 is 24.4 Å². The van der Waals surface area contributed by atoms with Crippen LogP contribution in [0.3, 0.4) is 0 Å². The van der Waals surface area contributed by atoms with Gasteiger partial charge in [0.25, 0.3) is 11.8 Å². The van der Waals surface area contributed by atoms with Crippen LogP contribution >= 0.6 is 12.2 Å². The lowest BCUT2D eigenvalue weighted by atomic mass is 10.1. The van der Waals surface area contributed by atoms with E-state index >= 15 is 0 Å². The number of nitrogens with one attached hydrogen (secondary N) is 1. The highest BCUT2D eigenvalue weighted by atomic mass is 32.1. The van der Waals surface area contributed by atoms with Crippen LogP contribution in [-0.2, 0) is 9.59 Å². The molecular formula is C21H20N2O5S. The summed E-state index contributed by atoms with van der Waals surface area (Å²) in [6.07, 6.45) is 1.46. The quantitative estimate of drug-likeness (QED) is 0.462. The lowest BCUT2D eigenvalue weighted by Crippen LogP contribution is -2.54. The van der Waals surface area contributed by atoms with Gasteiger partial charge in [0, 0.05) is 0 Å². The zero-order valence-electron chi connectivity index (χ0n) is 16.4. The van der Waals surface area contributed by atoms with Crippen molar-refractivity contribution in [3.05, 3.63) is 53.1 Å². The molecule has 1 heterocycles. The second-order valence-electron chi connectivity index (χ2n) is 6.26. The Hall–Kier alpha value is -3.39.